The Labute approximate surface area is 341 Å². The van der Waals surface area contributed by atoms with E-state index >= 15 is 0 Å². The number of likely N-dealkylation sites (tertiary alicyclic amines) is 1. The molecule has 0 aliphatic carbocycles. The number of carbonyl (C=O) groups excluding carboxylic acids is 3. The van der Waals surface area contributed by atoms with Crippen molar-refractivity contribution in [3.05, 3.63) is 108 Å². The molecule has 1 N–H and O–H groups in total. The highest BCUT2D eigenvalue weighted by Gasteiger charge is 2.51. The van der Waals surface area contributed by atoms with Gasteiger partial charge in [-0.2, -0.15) is 0 Å². The van der Waals surface area contributed by atoms with Crippen LogP contribution in [0.4, 0.5) is 0 Å². The quantitative estimate of drug-likeness (QED) is 0.0851. The SMILES string of the molecule is CC[C@H]1O[C@@](C)(CCCCCCC[C@H](C)C(=O)N2CCC[C@H]2C(=O)N[C@@H](C)C(=O)OCc2ccccc2)[C@H](OCc2ccccc2)[C@@H](OCc2ccccc2)[C@H]1C. The van der Waals surface area contributed by atoms with Crippen molar-refractivity contribution < 1.29 is 33.3 Å². The maximum absolute atomic E-state index is 13.5. The molecule has 2 heterocycles. The molecule has 9 nitrogen and oxygen atoms in total. The van der Waals surface area contributed by atoms with Gasteiger partial charge in [-0.25, -0.2) is 4.79 Å². The van der Waals surface area contributed by atoms with Crippen molar-refractivity contribution in [3.8, 4) is 0 Å². The second-order valence-corrected chi connectivity index (χ2v) is 16.4. The second kappa shape index (κ2) is 22.2. The van der Waals surface area contributed by atoms with Crippen LogP contribution in [0.25, 0.3) is 0 Å². The average molecular weight is 783 g/mol. The molecule has 3 aromatic carbocycles. The predicted molar refractivity (Wildman–Crippen MR) is 223 cm³/mol. The molecule has 2 saturated heterocycles. The van der Waals surface area contributed by atoms with E-state index in [-0.39, 0.29) is 48.6 Å². The van der Waals surface area contributed by atoms with Crippen LogP contribution in [0, 0.1) is 11.8 Å². The van der Waals surface area contributed by atoms with Gasteiger partial charge in [-0.3, -0.25) is 9.59 Å². The van der Waals surface area contributed by atoms with E-state index in [0.717, 1.165) is 74.5 Å². The molecule has 2 amide bonds. The van der Waals surface area contributed by atoms with Crippen LogP contribution in [0.3, 0.4) is 0 Å². The Bertz CT molecular complexity index is 1660. The first kappa shape index (κ1) is 44.1. The fraction of sp³-hybridized carbons (Fsp3) is 0.562. The molecule has 0 radical (unpaired) electrons. The highest BCUT2D eigenvalue weighted by Crippen LogP contribution is 2.41. The van der Waals surface area contributed by atoms with Gasteiger partial charge in [-0.15, -0.1) is 0 Å². The van der Waals surface area contributed by atoms with Crippen LogP contribution in [0.15, 0.2) is 91.0 Å². The third-order valence-corrected chi connectivity index (χ3v) is 11.9. The lowest BCUT2D eigenvalue weighted by molar-refractivity contribution is -0.273. The summed E-state index contributed by atoms with van der Waals surface area (Å²) in [4.78, 5) is 41.0. The fourth-order valence-electron chi connectivity index (χ4n) is 8.44. The first-order chi connectivity index (χ1) is 27.6. The summed E-state index contributed by atoms with van der Waals surface area (Å²) in [7, 11) is 0. The zero-order valence-electron chi connectivity index (χ0n) is 34.9. The lowest BCUT2D eigenvalue weighted by Crippen LogP contribution is -2.61. The third-order valence-electron chi connectivity index (χ3n) is 11.9. The largest absolute Gasteiger partial charge is 0.459 e. The summed E-state index contributed by atoms with van der Waals surface area (Å²) in [5.41, 5.74) is 2.67. The van der Waals surface area contributed by atoms with Gasteiger partial charge >= 0.3 is 5.97 Å². The van der Waals surface area contributed by atoms with Gasteiger partial charge < -0.3 is 29.2 Å². The molecule has 3 aromatic rings. The molecule has 8 atom stereocenters. The van der Waals surface area contributed by atoms with Crippen molar-refractivity contribution in [2.24, 2.45) is 11.8 Å². The number of unbranched alkanes of at least 4 members (excludes halogenated alkanes) is 4. The van der Waals surface area contributed by atoms with E-state index in [2.05, 4.69) is 62.5 Å². The predicted octanol–water partition coefficient (Wildman–Crippen LogP) is 8.97. The Hall–Kier alpha value is -4.05. The lowest BCUT2D eigenvalue weighted by atomic mass is 9.78. The van der Waals surface area contributed by atoms with Crippen LogP contribution in [-0.4, -0.2) is 65.2 Å². The summed E-state index contributed by atoms with van der Waals surface area (Å²) in [6.45, 7) is 12.0. The molecule has 0 saturated carbocycles. The number of hydrogen-bond donors (Lipinski definition) is 1. The minimum atomic E-state index is -0.804. The summed E-state index contributed by atoms with van der Waals surface area (Å²) in [5, 5.41) is 2.79. The number of amides is 2. The van der Waals surface area contributed by atoms with Crippen molar-refractivity contribution >= 4 is 17.8 Å². The second-order valence-electron chi connectivity index (χ2n) is 16.4. The van der Waals surface area contributed by atoms with Crippen LogP contribution < -0.4 is 5.32 Å². The number of benzene rings is 3. The summed E-state index contributed by atoms with van der Waals surface area (Å²) in [6, 6.07) is 28.7. The smallest absolute Gasteiger partial charge is 0.328 e. The van der Waals surface area contributed by atoms with Crippen LogP contribution in [0.2, 0.25) is 0 Å². The number of carbonyl (C=O) groups is 3. The average Bonchev–Trinajstić information content (AvgIpc) is 3.73. The first-order valence-corrected chi connectivity index (χ1v) is 21.4. The third kappa shape index (κ3) is 12.7. The number of esters is 1. The van der Waals surface area contributed by atoms with E-state index in [4.69, 9.17) is 18.9 Å². The molecule has 0 bridgehead atoms. The van der Waals surface area contributed by atoms with E-state index < -0.39 is 23.7 Å². The number of rotatable bonds is 21. The van der Waals surface area contributed by atoms with Crippen LogP contribution >= 0.6 is 0 Å². The van der Waals surface area contributed by atoms with E-state index in [0.29, 0.717) is 26.2 Å². The molecular formula is C48H66N2O7. The minimum absolute atomic E-state index is 0.0135. The number of nitrogens with zero attached hydrogens (tertiary/aromatic N) is 1. The van der Waals surface area contributed by atoms with E-state index in [9.17, 15) is 14.4 Å². The zero-order chi connectivity index (χ0) is 40.6. The summed E-state index contributed by atoms with van der Waals surface area (Å²) < 4.78 is 25.9. The highest BCUT2D eigenvalue weighted by atomic mass is 16.6. The van der Waals surface area contributed by atoms with Crippen LogP contribution in [0.5, 0.6) is 0 Å². The fourth-order valence-corrected chi connectivity index (χ4v) is 8.44. The van der Waals surface area contributed by atoms with Gasteiger partial charge in [0.05, 0.1) is 31.0 Å². The molecule has 2 fully saturated rings. The van der Waals surface area contributed by atoms with Gasteiger partial charge in [0.15, 0.2) is 0 Å². The molecule has 2 aliphatic heterocycles. The normalized spacial score (nSPS) is 24.4. The Morgan fingerprint density at radius 1 is 0.807 bits per heavy atom. The number of nitrogens with one attached hydrogen (secondary N) is 1. The number of ether oxygens (including phenoxy) is 4. The molecular weight excluding hydrogens is 717 g/mol. The highest BCUT2D eigenvalue weighted by molar-refractivity contribution is 5.91. The van der Waals surface area contributed by atoms with E-state index in [1.807, 2.05) is 61.5 Å². The monoisotopic (exact) mass is 782 g/mol. The molecule has 2 aliphatic rings. The Balaban J connectivity index is 1.07. The first-order valence-electron chi connectivity index (χ1n) is 21.4. The Morgan fingerprint density at radius 3 is 1.98 bits per heavy atom. The molecule has 310 valence electrons. The van der Waals surface area contributed by atoms with E-state index in [1.165, 1.54) is 0 Å². The van der Waals surface area contributed by atoms with Crippen molar-refractivity contribution in [2.45, 2.75) is 155 Å². The number of hydrogen-bond acceptors (Lipinski definition) is 7. The van der Waals surface area contributed by atoms with Crippen LogP contribution in [-0.2, 0) is 53.2 Å². The minimum Gasteiger partial charge on any atom is -0.459 e. The van der Waals surface area contributed by atoms with Gasteiger partial charge in [0.2, 0.25) is 11.8 Å². The van der Waals surface area contributed by atoms with Gasteiger partial charge in [0.25, 0.3) is 0 Å². The maximum Gasteiger partial charge on any atom is 0.328 e. The summed E-state index contributed by atoms with van der Waals surface area (Å²) in [5.74, 6) is -0.775. The van der Waals surface area contributed by atoms with Gasteiger partial charge in [-0.05, 0) is 62.6 Å². The summed E-state index contributed by atoms with van der Waals surface area (Å²) >= 11 is 0. The topological polar surface area (TPSA) is 103 Å². The van der Waals surface area contributed by atoms with Gasteiger partial charge in [-0.1, -0.05) is 144 Å². The van der Waals surface area contributed by atoms with Gasteiger partial charge in [0, 0.05) is 18.4 Å². The Kier molecular flexibility index (Phi) is 17.2. The molecule has 0 unspecified atom stereocenters. The van der Waals surface area contributed by atoms with Crippen molar-refractivity contribution in [1.82, 2.24) is 10.2 Å². The molecule has 57 heavy (non-hydrogen) atoms. The standard InChI is InChI=1S/C48H66N2O7/c1-6-42-36(3)43(54-32-38-23-14-10-15-24-38)44(55-33-39-25-16-11-17-26-39)48(5,57-42)30-20-9-7-8-13-22-35(2)46(52)50-31-21-29-41(50)45(51)49-37(4)47(53)56-34-40-27-18-12-19-28-40/h10-12,14-19,23-28,35-37,41-44H,6-9,13,20-22,29-34H2,1-5H3,(H,49,51)/t35-,36-,37-,41-,42+,43-,44+,48-/m0/s1. The molecule has 5 rings (SSSR count). The van der Waals surface area contributed by atoms with Crippen molar-refractivity contribution in [1.29, 1.82) is 0 Å². The van der Waals surface area contributed by atoms with Crippen LogP contribution in [0.1, 0.15) is 116 Å². The van der Waals surface area contributed by atoms with E-state index in [1.54, 1.807) is 11.8 Å². The maximum atomic E-state index is 13.5. The Morgan fingerprint density at radius 2 is 1.37 bits per heavy atom. The zero-order valence-corrected chi connectivity index (χ0v) is 34.9. The molecule has 9 heteroatoms. The lowest BCUT2D eigenvalue weighted by Gasteiger charge is -2.51. The molecule has 0 spiro atoms. The summed E-state index contributed by atoms with van der Waals surface area (Å²) in [6.07, 6.45) is 8.80. The van der Waals surface area contributed by atoms with Crippen molar-refractivity contribution in [2.75, 3.05) is 6.54 Å². The molecule has 0 aromatic heterocycles. The van der Waals surface area contributed by atoms with Gasteiger partial charge in [0.1, 0.15) is 24.8 Å². The van der Waals surface area contributed by atoms with Crippen molar-refractivity contribution in [3.63, 3.8) is 0 Å².